The first-order valence-electron chi connectivity index (χ1n) is 6.42. The molecule has 0 fully saturated rings. The highest BCUT2D eigenvalue weighted by molar-refractivity contribution is 4.55. The van der Waals surface area contributed by atoms with Crippen LogP contribution in [0.5, 0.6) is 0 Å². The maximum absolute atomic E-state index is 5.69. The number of rotatable bonds is 10. The van der Waals surface area contributed by atoms with Crippen LogP contribution in [0.4, 0.5) is 0 Å². The molecule has 0 N–H and O–H groups in total. The summed E-state index contributed by atoms with van der Waals surface area (Å²) in [6.07, 6.45) is 9.13. The van der Waals surface area contributed by atoms with Crippen molar-refractivity contribution in [3.8, 4) is 0 Å². The Morgan fingerprint density at radius 2 is 1.64 bits per heavy atom. The maximum atomic E-state index is 5.69. The molecule has 0 saturated heterocycles. The predicted octanol–water partition coefficient (Wildman–Crippen LogP) is 4.41. The Bertz CT molecular complexity index is 101. The van der Waals surface area contributed by atoms with Crippen molar-refractivity contribution in [2.75, 3.05) is 13.2 Å². The Kier molecular flexibility index (Phi) is 11.0. The highest BCUT2D eigenvalue weighted by Crippen LogP contribution is 2.12. The molecule has 0 bridgehead atoms. The van der Waals surface area contributed by atoms with E-state index in [0.29, 0.717) is 0 Å². The fourth-order valence-corrected chi connectivity index (χ4v) is 1.60. The molecule has 0 radical (unpaired) electrons. The van der Waals surface area contributed by atoms with E-state index in [9.17, 15) is 0 Å². The zero-order valence-corrected chi connectivity index (χ0v) is 10.3. The van der Waals surface area contributed by atoms with Crippen LogP contribution in [-0.4, -0.2) is 13.2 Å². The van der Waals surface area contributed by atoms with Crippen molar-refractivity contribution in [1.82, 2.24) is 0 Å². The molecule has 1 heteroatoms. The molecule has 0 rings (SSSR count). The SMILES string of the molecule is CCCCCOCC(CC)CCCC. The zero-order chi connectivity index (χ0) is 10.6. The largest absolute Gasteiger partial charge is 0.381 e. The van der Waals surface area contributed by atoms with Gasteiger partial charge in [-0.25, -0.2) is 0 Å². The van der Waals surface area contributed by atoms with Gasteiger partial charge < -0.3 is 4.74 Å². The van der Waals surface area contributed by atoms with E-state index in [1.807, 2.05) is 0 Å². The normalized spacial score (nSPS) is 13.1. The fourth-order valence-electron chi connectivity index (χ4n) is 1.60. The van der Waals surface area contributed by atoms with E-state index in [1.165, 1.54) is 44.9 Å². The molecule has 0 aromatic rings. The molecule has 0 aromatic carbocycles. The molecule has 0 amide bonds. The Morgan fingerprint density at radius 1 is 0.929 bits per heavy atom. The average molecular weight is 200 g/mol. The first-order chi connectivity index (χ1) is 6.85. The van der Waals surface area contributed by atoms with Crippen LogP contribution in [0.3, 0.4) is 0 Å². The first-order valence-corrected chi connectivity index (χ1v) is 6.42. The highest BCUT2D eigenvalue weighted by atomic mass is 16.5. The molecule has 1 unspecified atom stereocenters. The van der Waals surface area contributed by atoms with E-state index in [2.05, 4.69) is 20.8 Å². The summed E-state index contributed by atoms with van der Waals surface area (Å²) >= 11 is 0. The van der Waals surface area contributed by atoms with Crippen LogP contribution >= 0.6 is 0 Å². The van der Waals surface area contributed by atoms with Crippen LogP contribution in [0.2, 0.25) is 0 Å². The lowest BCUT2D eigenvalue weighted by Crippen LogP contribution is -2.09. The van der Waals surface area contributed by atoms with Crippen molar-refractivity contribution in [1.29, 1.82) is 0 Å². The molecule has 0 spiro atoms. The molecule has 0 aromatic heterocycles. The van der Waals surface area contributed by atoms with Crippen LogP contribution in [-0.2, 0) is 4.74 Å². The molecule has 1 atom stereocenters. The molecule has 0 aliphatic heterocycles. The van der Waals surface area contributed by atoms with E-state index in [1.54, 1.807) is 0 Å². The second-order valence-corrected chi connectivity index (χ2v) is 4.20. The van der Waals surface area contributed by atoms with Gasteiger partial charge in [0.2, 0.25) is 0 Å². The van der Waals surface area contributed by atoms with Crippen LogP contribution < -0.4 is 0 Å². The topological polar surface area (TPSA) is 9.23 Å². The Morgan fingerprint density at radius 3 is 2.21 bits per heavy atom. The van der Waals surface area contributed by atoms with Crippen molar-refractivity contribution in [2.24, 2.45) is 5.92 Å². The monoisotopic (exact) mass is 200 g/mol. The molecule has 0 aliphatic carbocycles. The van der Waals surface area contributed by atoms with Crippen LogP contribution in [0.1, 0.15) is 65.7 Å². The van der Waals surface area contributed by atoms with Gasteiger partial charge in [0.05, 0.1) is 0 Å². The molecule has 14 heavy (non-hydrogen) atoms. The third-order valence-electron chi connectivity index (χ3n) is 2.79. The van der Waals surface area contributed by atoms with E-state index in [4.69, 9.17) is 4.74 Å². The van der Waals surface area contributed by atoms with Gasteiger partial charge in [-0.1, -0.05) is 52.9 Å². The summed E-state index contributed by atoms with van der Waals surface area (Å²) in [6, 6.07) is 0. The summed E-state index contributed by atoms with van der Waals surface area (Å²) < 4.78 is 5.69. The van der Waals surface area contributed by atoms with Crippen LogP contribution in [0, 0.1) is 5.92 Å². The second-order valence-electron chi connectivity index (χ2n) is 4.20. The number of hydrogen-bond acceptors (Lipinski definition) is 1. The number of hydrogen-bond donors (Lipinski definition) is 0. The third-order valence-corrected chi connectivity index (χ3v) is 2.79. The van der Waals surface area contributed by atoms with Gasteiger partial charge >= 0.3 is 0 Å². The van der Waals surface area contributed by atoms with Crippen molar-refractivity contribution in [2.45, 2.75) is 65.7 Å². The second kappa shape index (κ2) is 11.0. The van der Waals surface area contributed by atoms with E-state index in [-0.39, 0.29) is 0 Å². The van der Waals surface area contributed by atoms with E-state index < -0.39 is 0 Å². The van der Waals surface area contributed by atoms with Gasteiger partial charge in [0.15, 0.2) is 0 Å². The zero-order valence-electron chi connectivity index (χ0n) is 10.3. The summed E-state index contributed by atoms with van der Waals surface area (Å²) in [5.41, 5.74) is 0. The molecule has 86 valence electrons. The summed E-state index contributed by atoms with van der Waals surface area (Å²) in [4.78, 5) is 0. The van der Waals surface area contributed by atoms with Crippen molar-refractivity contribution < 1.29 is 4.74 Å². The molecule has 0 aliphatic rings. The van der Waals surface area contributed by atoms with E-state index in [0.717, 1.165) is 19.1 Å². The van der Waals surface area contributed by atoms with Gasteiger partial charge in [0.1, 0.15) is 0 Å². The standard InChI is InChI=1S/C13H28O/c1-4-7-9-11-14-12-13(6-3)10-8-5-2/h13H,4-12H2,1-3H3. The summed E-state index contributed by atoms with van der Waals surface area (Å²) in [5.74, 6) is 0.802. The minimum atomic E-state index is 0.802. The van der Waals surface area contributed by atoms with Crippen LogP contribution in [0.25, 0.3) is 0 Å². The predicted molar refractivity (Wildman–Crippen MR) is 63.7 cm³/mol. The molecular formula is C13H28O. The van der Waals surface area contributed by atoms with Gasteiger partial charge in [-0.15, -0.1) is 0 Å². The minimum absolute atomic E-state index is 0.802. The summed E-state index contributed by atoms with van der Waals surface area (Å²) in [5, 5.41) is 0. The molecule has 0 heterocycles. The van der Waals surface area contributed by atoms with Crippen molar-refractivity contribution in [3.05, 3.63) is 0 Å². The lowest BCUT2D eigenvalue weighted by atomic mass is 10.0. The summed E-state index contributed by atoms with van der Waals surface area (Å²) in [7, 11) is 0. The lowest BCUT2D eigenvalue weighted by Gasteiger charge is -2.14. The number of unbranched alkanes of at least 4 members (excludes halogenated alkanes) is 3. The quantitative estimate of drug-likeness (QED) is 0.475. The highest BCUT2D eigenvalue weighted by Gasteiger charge is 2.04. The Hall–Kier alpha value is -0.0400. The third kappa shape index (κ3) is 8.55. The molecule has 1 nitrogen and oxygen atoms in total. The van der Waals surface area contributed by atoms with E-state index >= 15 is 0 Å². The van der Waals surface area contributed by atoms with Gasteiger partial charge in [-0.2, -0.15) is 0 Å². The molecular weight excluding hydrogens is 172 g/mol. The van der Waals surface area contributed by atoms with Gasteiger partial charge in [-0.05, 0) is 18.8 Å². The average Bonchev–Trinajstić information content (AvgIpc) is 2.22. The van der Waals surface area contributed by atoms with Crippen molar-refractivity contribution in [3.63, 3.8) is 0 Å². The van der Waals surface area contributed by atoms with Gasteiger partial charge in [-0.3, -0.25) is 0 Å². The fraction of sp³-hybridized carbons (Fsp3) is 1.00. The van der Waals surface area contributed by atoms with Crippen LogP contribution in [0.15, 0.2) is 0 Å². The van der Waals surface area contributed by atoms with Gasteiger partial charge in [0, 0.05) is 13.2 Å². The molecule has 0 saturated carbocycles. The minimum Gasteiger partial charge on any atom is -0.381 e. The van der Waals surface area contributed by atoms with Gasteiger partial charge in [0.25, 0.3) is 0 Å². The summed E-state index contributed by atoms with van der Waals surface area (Å²) in [6.45, 7) is 8.72. The number of ether oxygens (including phenoxy) is 1. The smallest absolute Gasteiger partial charge is 0.0494 e. The first kappa shape index (κ1) is 14.0. The Labute approximate surface area is 90.2 Å². The maximum Gasteiger partial charge on any atom is 0.0494 e. The van der Waals surface area contributed by atoms with Crippen molar-refractivity contribution >= 4 is 0 Å². The Balaban J connectivity index is 3.24. The lowest BCUT2D eigenvalue weighted by molar-refractivity contribution is 0.0911.